The van der Waals surface area contributed by atoms with Crippen molar-refractivity contribution in [3.05, 3.63) is 36.1 Å². The maximum atomic E-state index is 5.46. The number of rotatable bonds is 5. The van der Waals surface area contributed by atoms with Crippen molar-refractivity contribution in [1.82, 2.24) is 0 Å². The summed E-state index contributed by atoms with van der Waals surface area (Å²) in [5, 5.41) is 0. The molecule has 0 radical (unpaired) electrons. The molecule has 0 atom stereocenters. The molecule has 0 aliphatic rings. The van der Waals surface area contributed by atoms with E-state index in [2.05, 4.69) is 13.5 Å². The summed E-state index contributed by atoms with van der Waals surface area (Å²) >= 11 is 0. The first kappa shape index (κ1) is 11.0. The summed E-state index contributed by atoms with van der Waals surface area (Å²) in [5.74, 6) is 0.895. The summed E-state index contributed by atoms with van der Waals surface area (Å²) in [4.78, 5) is 0. The minimum atomic E-state index is 0.767. The van der Waals surface area contributed by atoms with E-state index in [4.69, 9.17) is 4.74 Å². The van der Waals surface area contributed by atoms with E-state index in [0.29, 0.717) is 0 Å². The van der Waals surface area contributed by atoms with Crippen LogP contribution in [0.1, 0.15) is 27.2 Å². The van der Waals surface area contributed by atoms with E-state index in [1.54, 1.807) is 0 Å². The molecule has 0 rings (SSSR count). The van der Waals surface area contributed by atoms with Gasteiger partial charge in [0.1, 0.15) is 5.76 Å². The molecule has 0 aromatic rings. The molecule has 0 heterocycles. The molecule has 0 amide bonds. The summed E-state index contributed by atoms with van der Waals surface area (Å²) < 4.78 is 5.46. The van der Waals surface area contributed by atoms with Crippen LogP contribution in [0, 0.1) is 0 Å². The fraction of sp³-hybridized carbons (Fsp3) is 0.455. The fourth-order valence-corrected chi connectivity index (χ4v) is 0.765. The van der Waals surface area contributed by atoms with E-state index in [-0.39, 0.29) is 0 Å². The Morgan fingerprint density at radius 2 is 2.17 bits per heavy atom. The zero-order chi connectivity index (χ0) is 9.40. The van der Waals surface area contributed by atoms with E-state index >= 15 is 0 Å². The van der Waals surface area contributed by atoms with Gasteiger partial charge in [0.15, 0.2) is 0 Å². The normalized spacial score (nSPS) is 12.1. The number of ether oxygens (including phenoxy) is 1. The van der Waals surface area contributed by atoms with Crippen LogP contribution in [0.25, 0.3) is 0 Å². The fourth-order valence-electron chi connectivity index (χ4n) is 0.765. The Morgan fingerprint density at radius 1 is 1.50 bits per heavy atom. The van der Waals surface area contributed by atoms with Crippen LogP contribution < -0.4 is 0 Å². The number of hydrogen-bond donors (Lipinski definition) is 0. The Bertz CT molecular complexity index is 187. The summed E-state index contributed by atoms with van der Waals surface area (Å²) in [6.45, 7) is 10.6. The van der Waals surface area contributed by atoms with E-state index in [1.165, 1.54) is 0 Å². The van der Waals surface area contributed by atoms with Crippen molar-refractivity contribution in [3.63, 3.8) is 0 Å². The van der Waals surface area contributed by atoms with Crippen LogP contribution in [-0.4, -0.2) is 6.61 Å². The van der Waals surface area contributed by atoms with Crippen molar-refractivity contribution in [2.45, 2.75) is 27.2 Å². The Kier molecular flexibility index (Phi) is 6.16. The highest BCUT2D eigenvalue weighted by Crippen LogP contribution is 2.04. The van der Waals surface area contributed by atoms with Crippen LogP contribution in [0.3, 0.4) is 0 Å². The van der Waals surface area contributed by atoms with Crippen LogP contribution in [0.4, 0.5) is 0 Å². The minimum Gasteiger partial charge on any atom is -0.494 e. The maximum absolute atomic E-state index is 5.46. The lowest BCUT2D eigenvalue weighted by molar-refractivity contribution is 0.224. The highest BCUT2D eigenvalue weighted by Gasteiger charge is 1.90. The van der Waals surface area contributed by atoms with Gasteiger partial charge in [-0.05, 0) is 32.4 Å². The summed E-state index contributed by atoms with van der Waals surface area (Å²) in [7, 11) is 0. The van der Waals surface area contributed by atoms with Crippen molar-refractivity contribution in [3.8, 4) is 0 Å². The third-order valence-electron chi connectivity index (χ3n) is 1.19. The third kappa shape index (κ3) is 5.78. The molecular weight excluding hydrogens is 148 g/mol. The lowest BCUT2D eigenvalue weighted by Gasteiger charge is -2.04. The van der Waals surface area contributed by atoms with Crippen LogP contribution >= 0.6 is 0 Å². The quantitative estimate of drug-likeness (QED) is 0.449. The molecule has 0 saturated heterocycles. The van der Waals surface area contributed by atoms with Gasteiger partial charge in [-0.1, -0.05) is 25.2 Å². The first-order chi connectivity index (χ1) is 5.70. The Hall–Kier alpha value is -0.980. The average Bonchev–Trinajstić information content (AvgIpc) is 2.00. The van der Waals surface area contributed by atoms with Gasteiger partial charge in [-0.2, -0.15) is 0 Å². The monoisotopic (exact) mass is 166 g/mol. The smallest absolute Gasteiger partial charge is 0.119 e. The molecule has 0 aliphatic carbocycles. The summed E-state index contributed by atoms with van der Waals surface area (Å²) in [5.41, 5.74) is 1.01. The first-order valence-electron chi connectivity index (χ1n) is 4.33. The molecule has 0 spiro atoms. The highest BCUT2D eigenvalue weighted by molar-refractivity contribution is 5.22. The summed E-state index contributed by atoms with van der Waals surface area (Å²) in [6.07, 6.45) is 6.88. The molecule has 0 aromatic heterocycles. The van der Waals surface area contributed by atoms with Gasteiger partial charge in [-0.25, -0.2) is 0 Å². The molecule has 0 fully saturated rings. The standard InChI is InChI=1S/C11H18O/c1-5-7-11(9-10(3)4)12-8-6-2/h5,7,9H,3,6,8H2,1-2,4H3/b7-5-,11-9+. The summed E-state index contributed by atoms with van der Waals surface area (Å²) in [6, 6.07) is 0. The van der Waals surface area contributed by atoms with Crippen molar-refractivity contribution >= 4 is 0 Å². The van der Waals surface area contributed by atoms with E-state index in [1.807, 2.05) is 32.1 Å². The van der Waals surface area contributed by atoms with Gasteiger partial charge in [-0.3, -0.25) is 0 Å². The number of hydrogen-bond acceptors (Lipinski definition) is 1. The van der Waals surface area contributed by atoms with Crippen LogP contribution in [0.15, 0.2) is 36.1 Å². The molecule has 0 bridgehead atoms. The molecule has 1 heteroatoms. The first-order valence-corrected chi connectivity index (χ1v) is 4.33. The Balaban J connectivity index is 4.12. The van der Waals surface area contributed by atoms with Crippen molar-refractivity contribution in [2.75, 3.05) is 6.61 Å². The minimum absolute atomic E-state index is 0.767. The van der Waals surface area contributed by atoms with Crippen molar-refractivity contribution in [1.29, 1.82) is 0 Å². The lowest BCUT2D eigenvalue weighted by Crippen LogP contribution is -1.91. The second-order valence-electron chi connectivity index (χ2n) is 2.74. The molecule has 0 aliphatic heterocycles. The molecule has 12 heavy (non-hydrogen) atoms. The van der Waals surface area contributed by atoms with Gasteiger partial charge in [0.2, 0.25) is 0 Å². The Labute approximate surface area is 75.4 Å². The van der Waals surface area contributed by atoms with E-state index < -0.39 is 0 Å². The Morgan fingerprint density at radius 3 is 2.58 bits per heavy atom. The SMILES string of the molecule is C=C(C)/C=C(\C=C/C)OCCC. The zero-order valence-corrected chi connectivity index (χ0v) is 8.26. The second kappa shape index (κ2) is 6.71. The largest absolute Gasteiger partial charge is 0.494 e. The molecule has 0 unspecified atom stereocenters. The van der Waals surface area contributed by atoms with E-state index in [0.717, 1.165) is 24.4 Å². The maximum Gasteiger partial charge on any atom is 0.119 e. The van der Waals surface area contributed by atoms with Crippen LogP contribution in [0.5, 0.6) is 0 Å². The molecule has 1 nitrogen and oxygen atoms in total. The predicted molar refractivity (Wildman–Crippen MR) is 54.0 cm³/mol. The van der Waals surface area contributed by atoms with Gasteiger partial charge in [0.25, 0.3) is 0 Å². The second-order valence-corrected chi connectivity index (χ2v) is 2.74. The molecule has 0 saturated carbocycles. The highest BCUT2D eigenvalue weighted by atomic mass is 16.5. The molecule has 0 aromatic carbocycles. The van der Waals surface area contributed by atoms with Crippen LogP contribution in [0.2, 0.25) is 0 Å². The van der Waals surface area contributed by atoms with Crippen LogP contribution in [-0.2, 0) is 4.74 Å². The average molecular weight is 166 g/mol. The van der Waals surface area contributed by atoms with Gasteiger partial charge >= 0.3 is 0 Å². The van der Waals surface area contributed by atoms with Gasteiger partial charge in [-0.15, -0.1) is 0 Å². The van der Waals surface area contributed by atoms with Gasteiger partial charge in [0.05, 0.1) is 6.61 Å². The zero-order valence-electron chi connectivity index (χ0n) is 8.26. The predicted octanol–water partition coefficient (Wildman–Crippen LogP) is 3.45. The lowest BCUT2D eigenvalue weighted by atomic mass is 10.3. The molecule has 68 valence electrons. The molecule has 0 N–H and O–H groups in total. The van der Waals surface area contributed by atoms with Crippen molar-refractivity contribution in [2.24, 2.45) is 0 Å². The number of allylic oxidation sites excluding steroid dienone is 4. The molecular formula is C11H18O. The topological polar surface area (TPSA) is 9.23 Å². The van der Waals surface area contributed by atoms with Gasteiger partial charge < -0.3 is 4.74 Å². The van der Waals surface area contributed by atoms with Gasteiger partial charge in [0, 0.05) is 0 Å². The van der Waals surface area contributed by atoms with Crippen molar-refractivity contribution < 1.29 is 4.74 Å². The van der Waals surface area contributed by atoms with E-state index in [9.17, 15) is 0 Å². The third-order valence-corrected chi connectivity index (χ3v) is 1.19.